The number of rotatable bonds is 3. The molecule has 5 nitrogen and oxygen atoms in total. The summed E-state index contributed by atoms with van der Waals surface area (Å²) in [6, 6.07) is 3.05. The van der Waals surface area contributed by atoms with Crippen LogP contribution in [0.4, 0.5) is 4.39 Å². The standard InChI is InChI=1S/C16H19FN2O3/c1-16(2,3)22-15(20)11-4-5-12-14(13(11)17)19(9-18-12)8-10-6-7-21-10/h4-5,9-10H,6-8H2,1-3H3/t10-/m0/s1. The number of carbonyl (C=O) groups excluding carboxylic acids is 1. The van der Waals surface area contributed by atoms with E-state index >= 15 is 0 Å². The molecule has 1 aliphatic rings. The lowest BCUT2D eigenvalue weighted by Gasteiger charge is -2.26. The first-order chi connectivity index (χ1) is 10.3. The van der Waals surface area contributed by atoms with Crippen LogP contribution in [0.3, 0.4) is 0 Å². The second-order valence-corrected chi connectivity index (χ2v) is 6.48. The number of halogens is 1. The Morgan fingerprint density at radius 3 is 2.82 bits per heavy atom. The van der Waals surface area contributed by atoms with Crippen LogP contribution in [0.25, 0.3) is 11.0 Å². The van der Waals surface area contributed by atoms with Gasteiger partial charge in [0.2, 0.25) is 0 Å². The molecule has 118 valence electrons. The van der Waals surface area contributed by atoms with Gasteiger partial charge in [0, 0.05) is 6.61 Å². The van der Waals surface area contributed by atoms with Gasteiger partial charge in [-0.2, -0.15) is 0 Å². The fraction of sp³-hybridized carbons (Fsp3) is 0.500. The molecule has 1 fully saturated rings. The maximum atomic E-state index is 14.8. The number of aromatic nitrogens is 2. The minimum atomic E-state index is -0.668. The molecular formula is C16H19FN2O3. The van der Waals surface area contributed by atoms with E-state index in [1.54, 1.807) is 37.7 Å². The zero-order chi connectivity index (χ0) is 15.9. The van der Waals surface area contributed by atoms with Crippen LogP contribution in [-0.2, 0) is 16.0 Å². The van der Waals surface area contributed by atoms with Crippen molar-refractivity contribution in [1.82, 2.24) is 9.55 Å². The number of benzene rings is 1. The number of ether oxygens (including phenoxy) is 2. The van der Waals surface area contributed by atoms with E-state index in [0.29, 0.717) is 17.6 Å². The smallest absolute Gasteiger partial charge is 0.341 e. The summed E-state index contributed by atoms with van der Waals surface area (Å²) in [5.41, 5.74) is 0.0973. The van der Waals surface area contributed by atoms with Gasteiger partial charge in [0.15, 0.2) is 5.82 Å². The van der Waals surface area contributed by atoms with E-state index in [-0.39, 0.29) is 11.7 Å². The Morgan fingerprint density at radius 2 is 2.23 bits per heavy atom. The highest BCUT2D eigenvalue weighted by atomic mass is 19.1. The largest absolute Gasteiger partial charge is 0.456 e. The summed E-state index contributed by atoms with van der Waals surface area (Å²) >= 11 is 0. The van der Waals surface area contributed by atoms with Crippen LogP contribution in [0.5, 0.6) is 0 Å². The van der Waals surface area contributed by atoms with Crippen LogP contribution in [0, 0.1) is 5.82 Å². The van der Waals surface area contributed by atoms with Crippen LogP contribution < -0.4 is 0 Å². The number of hydrogen-bond acceptors (Lipinski definition) is 4. The number of nitrogens with zero attached hydrogens (tertiary/aromatic N) is 2. The molecule has 0 N–H and O–H groups in total. The van der Waals surface area contributed by atoms with Gasteiger partial charge in [-0.05, 0) is 39.3 Å². The summed E-state index contributed by atoms with van der Waals surface area (Å²) in [5, 5.41) is 0. The van der Waals surface area contributed by atoms with E-state index in [2.05, 4.69) is 4.98 Å². The maximum Gasteiger partial charge on any atom is 0.341 e. The first kappa shape index (κ1) is 15.0. The fourth-order valence-corrected chi connectivity index (χ4v) is 2.40. The molecule has 1 aliphatic heterocycles. The van der Waals surface area contributed by atoms with Gasteiger partial charge in [0.1, 0.15) is 11.1 Å². The van der Waals surface area contributed by atoms with E-state index in [4.69, 9.17) is 9.47 Å². The Morgan fingerprint density at radius 1 is 1.50 bits per heavy atom. The zero-order valence-electron chi connectivity index (χ0n) is 12.9. The number of hydrogen-bond donors (Lipinski definition) is 0. The van der Waals surface area contributed by atoms with Crippen molar-refractivity contribution < 1.29 is 18.7 Å². The monoisotopic (exact) mass is 306 g/mol. The normalized spacial score (nSPS) is 18.3. The molecule has 0 saturated carbocycles. The Labute approximate surface area is 128 Å². The van der Waals surface area contributed by atoms with Gasteiger partial charge < -0.3 is 14.0 Å². The molecule has 2 aromatic rings. The van der Waals surface area contributed by atoms with Gasteiger partial charge in [0.25, 0.3) is 0 Å². The van der Waals surface area contributed by atoms with Crippen molar-refractivity contribution in [3.8, 4) is 0 Å². The molecule has 1 saturated heterocycles. The lowest BCUT2D eigenvalue weighted by molar-refractivity contribution is -0.0587. The van der Waals surface area contributed by atoms with Gasteiger partial charge >= 0.3 is 5.97 Å². The van der Waals surface area contributed by atoms with Crippen LogP contribution in [0.1, 0.15) is 37.6 Å². The first-order valence-corrected chi connectivity index (χ1v) is 7.33. The highest BCUT2D eigenvalue weighted by Crippen LogP contribution is 2.24. The molecule has 0 amide bonds. The summed E-state index contributed by atoms with van der Waals surface area (Å²) < 4.78 is 27.1. The van der Waals surface area contributed by atoms with Crippen LogP contribution in [0.15, 0.2) is 18.5 Å². The van der Waals surface area contributed by atoms with Crippen molar-refractivity contribution in [2.45, 2.75) is 45.4 Å². The molecule has 1 aromatic carbocycles. The second-order valence-electron chi connectivity index (χ2n) is 6.48. The average Bonchev–Trinajstić information content (AvgIpc) is 2.76. The Hall–Kier alpha value is -1.95. The lowest BCUT2D eigenvalue weighted by atomic mass is 10.1. The SMILES string of the molecule is CC(C)(C)OC(=O)c1ccc2ncn(C[C@@H]3CCO3)c2c1F. The molecule has 1 aromatic heterocycles. The van der Waals surface area contributed by atoms with E-state index in [0.717, 1.165) is 13.0 Å². The Bertz CT molecular complexity index is 714. The summed E-state index contributed by atoms with van der Waals surface area (Å²) in [6.45, 7) is 6.52. The van der Waals surface area contributed by atoms with Crippen molar-refractivity contribution in [2.75, 3.05) is 6.61 Å². The number of fused-ring (bicyclic) bond motifs is 1. The van der Waals surface area contributed by atoms with E-state index in [1.807, 2.05) is 0 Å². The third-order valence-electron chi connectivity index (χ3n) is 3.53. The minimum absolute atomic E-state index is 0.0706. The van der Waals surface area contributed by atoms with Gasteiger partial charge in [0.05, 0.1) is 30.1 Å². The van der Waals surface area contributed by atoms with Crippen molar-refractivity contribution in [3.05, 3.63) is 29.8 Å². The van der Waals surface area contributed by atoms with Crippen LogP contribution >= 0.6 is 0 Å². The fourth-order valence-electron chi connectivity index (χ4n) is 2.40. The molecule has 0 spiro atoms. The van der Waals surface area contributed by atoms with Crippen molar-refractivity contribution >= 4 is 17.0 Å². The highest BCUT2D eigenvalue weighted by Gasteiger charge is 2.25. The molecule has 0 bridgehead atoms. The van der Waals surface area contributed by atoms with Crippen molar-refractivity contribution in [1.29, 1.82) is 0 Å². The second kappa shape index (κ2) is 5.35. The predicted octanol–water partition coefficient (Wildman–Crippen LogP) is 2.92. The highest BCUT2D eigenvalue weighted by molar-refractivity contribution is 5.94. The van der Waals surface area contributed by atoms with E-state index in [1.165, 1.54) is 6.07 Å². The molecule has 0 unspecified atom stereocenters. The third-order valence-corrected chi connectivity index (χ3v) is 3.53. The molecule has 1 atom stereocenters. The zero-order valence-corrected chi connectivity index (χ0v) is 12.9. The number of imidazole rings is 1. The summed E-state index contributed by atoms with van der Waals surface area (Å²) in [7, 11) is 0. The molecule has 0 aliphatic carbocycles. The number of carbonyl (C=O) groups is 1. The molecule has 6 heteroatoms. The van der Waals surface area contributed by atoms with Gasteiger partial charge in [-0.3, -0.25) is 0 Å². The summed E-state index contributed by atoms with van der Waals surface area (Å²) in [4.78, 5) is 16.3. The predicted molar refractivity (Wildman–Crippen MR) is 79.2 cm³/mol. The quantitative estimate of drug-likeness (QED) is 0.818. The van der Waals surface area contributed by atoms with Gasteiger partial charge in [-0.15, -0.1) is 0 Å². The third kappa shape index (κ3) is 2.83. The van der Waals surface area contributed by atoms with Crippen LogP contribution in [0.2, 0.25) is 0 Å². The van der Waals surface area contributed by atoms with Crippen molar-refractivity contribution in [3.63, 3.8) is 0 Å². The summed E-state index contributed by atoms with van der Waals surface area (Å²) in [5.74, 6) is -1.26. The summed E-state index contributed by atoms with van der Waals surface area (Å²) in [6.07, 6.45) is 2.61. The first-order valence-electron chi connectivity index (χ1n) is 7.33. The Kier molecular flexibility index (Phi) is 3.64. The van der Waals surface area contributed by atoms with Gasteiger partial charge in [-0.25, -0.2) is 14.2 Å². The molecular weight excluding hydrogens is 287 g/mol. The molecule has 22 heavy (non-hydrogen) atoms. The topological polar surface area (TPSA) is 53.3 Å². The molecule has 0 radical (unpaired) electrons. The molecule has 3 rings (SSSR count). The van der Waals surface area contributed by atoms with E-state index < -0.39 is 17.4 Å². The van der Waals surface area contributed by atoms with Crippen molar-refractivity contribution in [2.24, 2.45) is 0 Å². The van der Waals surface area contributed by atoms with Gasteiger partial charge in [-0.1, -0.05) is 0 Å². The molecule has 2 heterocycles. The van der Waals surface area contributed by atoms with Crippen LogP contribution in [-0.4, -0.2) is 33.8 Å². The Balaban J connectivity index is 1.96. The maximum absolute atomic E-state index is 14.8. The lowest BCUT2D eigenvalue weighted by Crippen LogP contribution is -2.31. The van der Waals surface area contributed by atoms with E-state index in [9.17, 15) is 9.18 Å². The average molecular weight is 306 g/mol. The minimum Gasteiger partial charge on any atom is -0.456 e. The number of esters is 1.